The molecule has 7 heteroatoms. The van der Waals surface area contributed by atoms with E-state index in [9.17, 15) is 9.59 Å². The summed E-state index contributed by atoms with van der Waals surface area (Å²) in [5.41, 5.74) is 1.65. The number of aryl methyl sites for hydroxylation is 1. The zero-order valence-corrected chi connectivity index (χ0v) is 20.8. The maximum atomic E-state index is 13.3. The van der Waals surface area contributed by atoms with Gasteiger partial charge in [-0.15, -0.1) is 0 Å². The molecular weight excluding hydrogens is 422 g/mol. The van der Waals surface area contributed by atoms with E-state index in [0.717, 1.165) is 56.9 Å². The zero-order chi connectivity index (χ0) is 23.1. The quantitative estimate of drug-likeness (QED) is 0.644. The van der Waals surface area contributed by atoms with Gasteiger partial charge in [0, 0.05) is 38.3 Å². The fourth-order valence-corrected chi connectivity index (χ4v) is 5.35. The van der Waals surface area contributed by atoms with Crippen LogP contribution in [0.1, 0.15) is 49.0 Å². The van der Waals surface area contributed by atoms with E-state index in [1.807, 2.05) is 36.3 Å². The molecule has 2 heterocycles. The van der Waals surface area contributed by atoms with Crippen LogP contribution in [0.2, 0.25) is 0 Å². The molecule has 0 aliphatic carbocycles. The van der Waals surface area contributed by atoms with Crippen molar-refractivity contribution in [3.8, 4) is 0 Å². The number of piperidine rings is 1. The van der Waals surface area contributed by atoms with Gasteiger partial charge in [0.05, 0.1) is 12.2 Å². The van der Waals surface area contributed by atoms with Gasteiger partial charge in [0.25, 0.3) is 5.91 Å². The number of hydrogen-bond donors (Lipinski definition) is 1. The van der Waals surface area contributed by atoms with Crippen LogP contribution in [0.3, 0.4) is 0 Å². The fraction of sp³-hybridized carbons (Fsp3) is 0.680. The van der Waals surface area contributed by atoms with Gasteiger partial charge in [0.1, 0.15) is 6.04 Å². The molecule has 3 unspecified atom stereocenters. The Labute approximate surface area is 197 Å². The predicted octanol–water partition coefficient (Wildman–Crippen LogP) is 3.19. The number of morpholine rings is 1. The molecule has 0 aromatic heterocycles. The van der Waals surface area contributed by atoms with Gasteiger partial charge >= 0.3 is 0 Å². The molecular formula is C25H39N3O3S. The second-order valence-corrected chi connectivity index (χ2v) is 10.4. The molecule has 2 fully saturated rings. The third-order valence-electron chi connectivity index (χ3n) is 6.43. The molecule has 3 atom stereocenters. The van der Waals surface area contributed by atoms with Crippen molar-refractivity contribution in [2.75, 3.05) is 44.7 Å². The molecule has 32 heavy (non-hydrogen) atoms. The maximum absolute atomic E-state index is 13.3. The highest BCUT2D eigenvalue weighted by Crippen LogP contribution is 2.22. The van der Waals surface area contributed by atoms with Crippen LogP contribution in [-0.4, -0.2) is 84.6 Å². The monoisotopic (exact) mass is 461 g/mol. The first kappa shape index (κ1) is 25.1. The van der Waals surface area contributed by atoms with E-state index in [-0.39, 0.29) is 24.0 Å². The molecule has 3 rings (SSSR count). The average Bonchev–Trinajstić information content (AvgIpc) is 2.76. The Hall–Kier alpha value is -1.57. The molecule has 2 amide bonds. The third kappa shape index (κ3) is 7.22. The van der Waals surface area contributed by atoms with Gasteiger partial charge in [-0.05, 0) is 70.1 Å². The first-order chi connectivity index (χ1) is 15.4. The van der Waals surface area contributed by atoms with E-state index in [4.69, 9.17) is 4.74 Å². The molecule has 178 valence electrons. The lowest BCUT2D eigenvalue weighted by Gasteiger charge is -2.40. The SMILES string of the molecule is CSCCC(NC(=O)c1cccc(C)c1)C(=O)N1CCC(CN2CC(C)OC(C)C2)CC1. The number of nitrogens with one attached hydrogen (secondary N) is 1. The molecule has 2 aliphatic rings. The van der Waals surface area contributed by atoms with Gasteiger partial charge < -0.3 is 15.0 Å². The van der Waals surface area contributed by atoms with E-state index in [1.165, 1.54) is 0 Å². The minimum Gasteiger partial charge on any atom is -0.373 e. The molecule has 1 aromatic carbocycles. The molecule has 2 saturated heterocycles. The average molecular weight is 462 g/mol. The van der Waals surface area contributed by atoms with Crippen molar-refractivity contribution < 1.29 is 14.3 Å². The molecule has 0 spiro atoms. The Morgan fingerprint density at radius 2 is 1.88 bits per heavy atom. The minimum atomic E-state index is -0.465. The van der Waals surface area contributed by atoms with Gasteiger partial charge in [0.2, 0.25) is 5.91 Å². The van der Waals surface area contributed by atoms with E-state index in [0.29, 0.717) is 17.9 Å². The normalized spacial score (nSPS) is 23.7. The highest BCUT2D eigenvalue weighted by molar-refractivity contribution is 7.98. The summed E-state index contributed by atoms with van der Waals surface area (Å²) in [6, 6.07) is 7.05. The smallest absolute Gasteiger partial charge is 0.251 e. The summed E-state index contributed by atoms with van der Waals surface area (Å²) in [5.74, 6) is 1.35. The Morgan fingerprint density at radius 3 is 2.50 bits per heavy atom. The Morgan fingerprint density at radius 1 is 1.19 bits per heavy atom. The van der Waals surface area contributed by atoms with Crippen molar-refractivity contribution >= 4 is 23.6 Å². The van der Waals surface area contributed by atoms with E-state index in [2.05, 4.69) is 24.1 Å². The highest BCUT2D eigenvalue weighted by Gasteiger charge is 2.31. The van der Waals surface area contributed by atoms with E-state index >= 15 is 0 Å². The highest BCUT2D eigenvalue weighted by atomic mass is 32.2. The van der Waals surface area contributed by atoms with Crippen LogP contribution in [0, 0.1) is 12.8 Å². The molecule has 6 nitrogen and oxygen atoms in total. The number of thioether (sulfide) groups is 1. The summed E-state index contributed by atoms with van der Waals surface area (Å²) in [6.07, 6.45) is 5.30. The summed E-state index contributed by atoms with van der Waals surface area (Å²) in [5, 5.41) is 3.01. The number of nitrogens with zero attached hydrogens (tertiary/aromatic N) is 2. The number of ether oxygens (including phenoxy) is 1. The van der Waals surface area contributed by atoms with Gasteiger partial charge in [-0.25, -0.2) is 0 Å². The summed E-state index contributed by atoms with van der Waals surface area (Å²) in [4.78, 5) is 30.6. The summed E-state index contributed by atoms with van der Waals surface area (Å²) < 4.78 is 5.85. The van der Waals surface area contributed by atoms with Gasteiger partial charge in [-0.2, -0.15) is 11.8 Å². The third-order valence-corrected chi connectivity index (χ3v) is 7.08. The predicted molar refractivity (Wildman–Crippen MR) is 131 cm³/mol. The van der Waals surface area contributed by atoms with Gasteiger partial charge in [-0.1, -0.05) is 17.7 Å². The largest absolute Gasteiger partial charge is 0.373 e. The Bertz CT molecular complexity index is 757. The van der Waals surface area contributed by atoms with Crippen molar-refractivity contribution in [2.24, 2.45) is 5.92 Å². The van der Waals surface area contributed by atoms with E-state index < -0.39 is 6.04 Å². The molecule has 2 aliphatic heterocycles. The summed E-state index contributed by atoms with van der Waals surface area (Å²) >= 11 is 1.70. The van der Waals surface area contributed by atoms with Crippen molar-refractivity contribution in [2.45, 2.75) is 58.3 Å². The number of amides is 2. The Kier molecular flexibility index (Phi) is 9.44. The topological polar surface area (TPSA) is 61.9 Å². The summed E-state index contributed by atoms with van der Waals surface area (Å²) in [6.45, 7) is 10.9. The van der Waals surface area contributed by atoms with Crippen LogP contribution in [0.25, 0.3) is 0 Å². The van der Waals surface area contributed by atoms with Crippen LogP contribution in [0.5, 0.6) is 0 Å². The van der Waals surface area contributed by atoms with Gasteiger partial charge in [-0.3, -0.25) is 14.5 Å². The number of benzene rings is 1. The maximum Gasteiger partial charge on any atom is 0.251 e. The fourth-order valence-electron chi connectivity index (χ4n) is 4.88. The number of hydrogen-bond acceptors (Lipinski definition) is 5. The van der Waals surface area contributed by atoms with Crippen LogP contribution in [0.4, 0.5) is 0 Å². The first-order valence-corrected chi connectivity index (χ1v) is 13.3. The second-order valence-electron chi connectivity index (χ2n) is 9.42. The summed E-state index contributed by atoms with van der Waals surface area (Å²) in [7, 11) is 0. The first-order valence-electron chi connectivity index (χ1n) is 11.9. The second kappa shape index (κ2) is 12.1. The molecule has 0 bridgehead atoms. The number of carbonyl (C=O) groups excluding carboxylic acids is 2. The lowest BCUT2D eigenvalue weighted by molar-refractivity contribution is -0.135. The molecule has 0 saturated carbocycles. The Balaban J connectivity index is 1.53. The molecule has 1 N–H and O–H groups in total. The number of rotatable bonds is 8. The van der Waals surface area contributed by atoms with Crippen LogP contribution < -0.4 is 5.32 Å². The standard InChI is InChI=1S/C25H39N3O3S/c1-18-6-5-7-22(14-18)24(29)26-23(10-13-32-4)25(30)28-11-8-21(9-12-28)17-27-15-19(2)31-20(3)16-27/h5-7,14,19-21,23H,8-13,15-17H2,1-4H3,(H,26,29). The van der Waals surface area contributed by atoms with Crippen LogP contribution in [-0.2, 0) is 9.53 Å². The number of carbonyl (C=O) groups is 2. The number of likely N-dealkylation sites (tertiary alicyclic amines) is 1. The molecule has 1 aromatic rings. The lowest BCUT2D eigenvalue weighted by Crippen LogP contribution is -2.52. The van der Waals surface area contributed by atoms with Crippen molar-refractivity contribution in [1.29, 1.82) is 0 Å². The minimum absolute atomic E-state index is 0.0621. The van der Waals surface area contributed by atoms with E-state index in [1.54, 1.807) is 17.8 Å². The molecule has 0 radical (unpaired) electrons. The van der Waals surface area contributed by atoms with Gasteiger partial charge in [0.15, 0.2) is 0 Å². The van der Waals surface area contributed by atoms with Crippen LogP contribution in [0.15, 0.2) is 24.3 Å². The van der Waals surface area contributed by atoms with Crippen molar-refractivity contribution in [3.05, 3.63) is 35.4 Å². The van der Waals surface area contributed by atoms with Crippen molar-refractivity contribution in [3.63, 3.8) is 0 Å². The lowest BCUT2D eigenvalue weighted by atomic mass is 9.95. The van der Waals surface area contributed by atoms with Crippen molar-refractivity contribution in [1.82, 2.24) is 15.1 Å². The van der Waals surface area contributed by atoms with Crippen LogP contribution >= 0.6 is 11.8 Å². The zero-order valence-electron chi connectivity index (χ0n) is 20.0.